The van der Waals surface area contributed by atoms with Crippen molar-refractivity contribution in [2.75, 3.05) is 6.54 Å². The van der Waals surface area contributed by atoms with E-state index in [2.05, 4.69) is 35.1 Å². The number of aromatic hydroxyl groups is 1. The van der Waals surface area contributed by atoms with Crippen molar-refractivity contribution in [3.8, 4) is 5.75 Å². The van der Waals surface area contributed by atoms with Gasteiger partial charge in [-0.05, 0) is 30.5 Å². The molecule has 3 nitrogen and oxygen atoms in total. The van der Waals surface area contributed by atoms with Gasteiger partial charge in [0.2, 0.25) is 0 Å². The van der Waals surface area contributed by atoms with Gasteiger partial charge in [-0.25, -0.2) is 0 Å². The third-order valence-electron chi connectivity index (χ3n) is 3.42. The van der Waals surface area contributed by atoms with Gasteiger partial charge >= 0.3 is 0 Å². The summed E-state index contributed by atoms with van der Waals surface area (Å²) in [6, 6.07) is 5.07. The lowest BCUT2D eigenvalue weighted by atomic mass is 9.99. The van der Waals surface area contributed by atoms with Crippen LogP contribution in [0.1, 0.15) is 42.6 Å². The Morgan fingerprint density at radius 3 is 2.53 bits per heavy atom. The molecule has 0 heterocycles. The number of hydrogen-bond acceptors (Lipinski definition) is 2. The van der Waals surface area contributed by atoms with Crippen LogP contribution in [0, 0.1) is 12.8 Å². The molecule has 1 unspecified atom stereocenters. The highest BCUT2D eigenvalue weighted by molar-refractivity contribution is 9.09. The molecular weight excluding hydrogens is 306 g/mol. The molecule has 1 amide bonds. The van der Waals surface area contributed by atoms with Crippen molar-refractivity contribution in [3.05, 3.63) is 29.3 Å². The molecule has 0 aliphatic carbocycles. The molecule has 1 atom stereocenters. The summed E-state index contributed by atoms with van der Waals surface area (Å²) in [5, 5.41) is 12.6. The van der Waals surface area contributed by atoms with Crippen LogP contribution >= 0.6 is 15.9 Å². The van der Waals surface area contributed by atoms with Crippen molar-refractivity contribution in [3.63, 3.8) is 0 Å². The number of nitrogens with one attached hydrogen (secondary N) is 1. The number of carbonyl (C=O) groups is 1. The second-order valence-corrected chi connectivity index (χ2v) is 6.00. The Bertz CT molecular complexity index is 430. The average Bonchev–Trinajstić information content (AvgIpc) is 2.37. The maximum absolute atomic E-state index is 12.0. The van der Waals surface area contributed by atoms with Crippen LogP contribution in [-0.2, 0) is 0 Å². The fourth-order valence-electron chi connectivity index (χ4n) is 2.09. The van der Waals surface area contributed by atoms with Crippen molar-refractivity contribution < 1.29 is 9.90 Å². The number of phenols is 1. The van der Waals surface area contributed by atoms with Gasteiger partial charge in [0.25, 0.3) is 5.91 Å². The van der Waals surface area contributed by atoms with E-state index < -0.39 is 0 Å². The average molecular weight is 328 g/mol. The third-order valence-corrected chi connectivity index (χ3v) is 4.49. The molecule has 1 aromatic carbocycles. The highest BCUT2D eigenvalue weighted by Gasteiger charge is 2.17. The number of alkyl halides is 1. The first-order valence-electron chi connectivity index (χ1n) is 6.71. The van der Waals surface area contributed by atoms with E-state index in [4.69, 9.17) is 0 Å². The van der Waals surface area contributed by atoms with Crippen LogP contribution < -0.4 is 5.32 Å². The lowest BCUT2D eigenvalue weighted by molar-refractivity contribution is 0.0949. The molecule has 1 rings (SSSR count). The lowest BCUT2D eigenvalue weighted by Gasteiger charge is -2.20. The van der Waals surface area contributed by atoms with Gasteiger partial charge in [-0.3, -0.25) is 4.79 Å². The van der Waals surface area contributed by atoms with E-state index in [-0.39, 0.29) is 16.5 Å². The monoisotopic (exact) mass is 327 g/mol. The fourth-order valence-corrected chi connectivity index (χ4v) is 3.00. The number of rotatable bonds is 6. The topological polar surface area (TPSA) is 49.3 Å². The number of aryl methyl sites for hydroxylation is 1. The molecule has 4 heteroatoms. The van der Waals surface area contributed by atoms with Crippen LogP contribution in [0.4, 0.5) is 0 Å². The maximum atomic E-state index is 12.0. The molecule has 19 heavy (non-hydrogen) atoms. The summed E-state index contributed by atoms with van der Waals surface area (Å²) in [7, 11) is 0. The summed E-state index contributed by atoms with van der Waals surface area (Å²) in [5.41, 5.74) is 1.26. The number of halogens is 1. The van der Waals surface area contributed by atoms with E-state index in [0.29, 0.717) is 18.0 Å². The lowest BCUT2D eigenvalue weighted by Crippen LogP contribution is -2.32. The van der Waals surface area contributed by atoms with Crippen molar-refractivity contribution in [2.24, 2.45) is 5.92 Å². The second kappa shape index (κ2) is 7.53. The largest absolute Gasteiger partial charge is 0.507 e. The predicted octanol–water partition coefficient (Wildman–Crippen LogP) is 3.63. The highest BCUT2D eigenvalue weighted by Crippen LogP contribution is 2.21. The Hall–Kier alpha value is -1.03. The quantitative estimate of drug-likeness (QED) is 0.784. The summed E-state index contributed by atoms with van der Waals surface area (Å²) in [6.07, 6.45) is 2.16. The minimum atomic E-state index is -0.229. The first-order chi connectivity index (χ1) is 8.99. The number of hydrogen-bond donors (Lipinski definition) is 2. The molecule has 0 radical (unpaired) electrons. The first-order valence-corrected chi connectivity index (χ1v) is 7.63. The van der Waals surface area contributed by atoms with Gasteiger partial charge < -0.3 is 10.4 Å². The summed E-state index contributed by atoms with van der Waals surface area (Å²) in [6.45, 7) is 6.74. The summed E-state index contributed by atoms with van der Waals surface area (Å²) in [5.74, 6) is 0.353. The Labute approximate surface area is 123 Å². The molecule has 106 valence electrons. The number of carbonyl (C=O) groups excluding carboxylic acids is 1. The summed E-state index contributed by atoms with van der Waals surface area (Å²) >= 11 is 3.62. The van der Waals surface area contributed by atoms with Gasteiger partial charge in [-0.15, -0.1) is 0 Å². The molecule has 0 aromatic heterocycles. The molecule has 0 saturated carbocycles. The van der Waals surface area contributed by atoms with Crippen molar-refractivity contribution in [2.45, 2.75) is 38.4 Å². The van der Waals surface area contributed by atoms with Crippen molar-refractivity contribution in [1.29, 1.82) is 0 Å². The molecule has 2 N–H and O–H groups in total. The van der Waals surface area contributed by atoms with Crippen LogP contribution in [-0.4, -0.2) is 22.4 Å². The number of phenolic OH excluding ortho intramolecular Hbond substituents is 1. The Kier molecular flexibility index (Phi) is 6.35. The minimum absolute atomic E-state index is 0.0335. The van der Waals surface area contributed by atoms with Crippen molar-refractivity contribution >= 4 is 21.8 Å². The Balaban J connectivity index is 2.60. The molecule has 0 aliphatic rings. The highest BCUT2D eigenvalue weighted by atomic mass is 79.9. The van der Waals surface area contributed by atoms with Crippen LogP contribution in [0.25, 0.3) is 0 Å². The first kappa shape index (κ1) is 16.0. The predicted molar refractivity (Wildman–Crippen MR) is 82.0 cm³/mol. The van der Waals surface area contributed by atoms with E-state index in [1.54, 1.807) is 12.1 Å². The van der Waals surface area contributed by atoms with Crippen LogP contribution in [0.2, 0.25) is 0 Å². The van der Waals surface area contributed by atoms with E-state index >= 15 is 0 Å². The molecule has 0 saturated heterocycles. The normalized spacial score (nSPS) is 12.5. The van der Waals surface area contributed by atoms with Crippen molar-refractivity contribution in [1.82, 2.24) is 5.32 Å². The van der Waals surface area contributed by atoms with Crippen LogP contribution in [0.15, 0.2) is 18.2 Å². The summed E-state index contributed by atoms with van der Waals surface area (Å²) in [4.78, 5) is 12.3. The Morgan fingerprint density at radius 2 is 2.00 bits per heavy atom. The van der Waals surface area contributed by atoms with Gasteiger partial charge in [0.1, 0.15) is 5.75 Å². The second-order valence-electron chi connectivity index (χ2n) is 4.82. The molecule has 0 aliphatic heterocycles. The van der Waals surface area contributed by atoms with Gasteiger partial charge in [-0.2, -0.15) is 0 Å². The molecule has 0 bridgehead atoms. The number of benzene rings is 1. The molecule has 1 aromatic rings. The zero-order chi connectivity index (χ0) is 14.4. The smallest absolute Gasteiger partial charge is 0.255 e. The zero-order valence-corrected chi connectivity index (χ0v) is 13.3. The van der Waals surface area contributed by atoms with Gasteiger partial charge in [0.15, 0.2) is 0 Å². The van der Waals surface area contributed by atoms with Gasteiger partial charge in [0.05, 0.1) is 5.56 Å². The molecule has 0 spiro atoms. The van der Waals surface area contributed by atoms with E-state index in [9.17, 15) is 9.90 Å². The third kappa shape index (κ3) is 4.53. The molecular formula is C15H22BrNO2. The zero-order valence-electron chi connectivity index (χ0n) is 11.7. The van der Waals surface area contributed by atoms with Gasteiger partial charge in [0, 0.05) is 11.4 Å². The van der Waals surface area contributed by atoms with Crippen LogP contribution in [0.3, 0.4) is 0 Å². The maximum Gasteiger partial charge on any atom is 0.255 e. The SMILES string of the molecule is CCC(CC)C(Br)CNC(=O)c1ccc(C)cc1O. The minimum Gasteiger partial charge on any atom is -0.507 e. The van der Waals surface area contributed by atoms with E-state index in [1.807, 2.05) is 13.0 Å². The molecule has 0 fully saturated rings. The summed E-state index contributed by atoms with van der Waals surface area (Å²) < 4.78 is 0. The van der Waals surface area contributed by atoms with E-state index in [1.165, 1.54) is 0 Å². The fraction of sp³-hybridized carbons (Fsp3) is 0.533. The van der Waals surface area contributed by atoms with E-state index in [0.717, 1.165) is 18.4 Å². The van der Waals surface area contributed by atoms with Gasteiger partial charge in [-0.1, -0.05) is 48.7 Å². The Morgan fingerprint density at radius 1 is 1.37 bits per heavy atom. The standard InChI is InChI=1S/C15H22BrNO2/c1-4-11(5-2)13(16)9-17-15(19)12-7-6-10(3)8-14(12)18/h6-8,11,13,18H,4-5,9H2,1-3H3,(H,17,19). The van der Waals surface area contributed by atoms with Crippen LogP contribution in [0.5, 0.6) is 5.75 Å². The number of amides is 1.